The standard InChI is InChI=1S/C9H13N3O2/c13-8-7-5-10-3-4-11(7)9(14)12(8)6-1-2-6/h6-7,10H,1-5H2. The molecule has 1 saturated carbocycles. The lowest BCUT2D eigenvalue weighted by Crippen LogP contribution is -2.51. The zero-order valence-corrected chi connectivity index (χ0v) is 7.90. The van der Waals surface area contributed by atoms with Crippen LogP contribution >= 0.6 is 0 Å². The molecule has 76 valence electrons. The molecule has 2 saturated heterocycles. The minimum absolute atomic E-state index is 0.00435. The average Bonchev–Trinajstić information content (AvgIpc) is 2.99. The van der Waals surface area contributed by atoms with E-state index in [1.54, 1.807) is 4.90 Å². The van der Waals surface area contributed by atoms with E-state index in [-0.39, 0.29) is 24.0 Å². The highest BCUT2D eigenvalue weighted by molar-refractivity contribution is 6.05. The van der Waals surface area contributed by atoms with E-state index >= 15 is 0 Å². The number of rotatable bonds is 1. The van der Waals surface area contributed by atoms with Crippen molar-refractivity contribution in [2.75, 3.05) is 19.6 Å². The predicted octanol–water partition coefficient (Wildman–Crippen LogP) is -0.615. The molecule has 1 atom stereocenters. The van der Waals surface area contributed by atoms with Crippen molar-refractivity contribution in [2.24, 2.45) is 0 Å². The van der Waals surface area contributed by atoms with Gasteiger partial charge in [0.2, 0.25) is 0 Å². The Labute approximate surface area is 82.0 Å². The van der Waals surface area contributed by atoms with Gasteiger partial charge in [0, 0.05) is 25.7 Å². The second kappa shape index (κ2) is 2.70. The van der Waals surface area contributed by atoms with Crippen LogP contribution in [0.1, 0.15) is 12.8 Å². The van der Waals surface area contributed by atoms with Crippen LogP contribution in [0.25, 0.3) is 0 Å². The van der Waals surface area contributed by atoms with Crippen LogP contribution in [-0.4, -0.2) is 53.5 Å². The summed E-state index contributed by atoms with van der Waals surface area (Å²) in [4.78, 5) is 26.9. The number of carbonyl (C=O) groups excluding carboxylic acids is 2. The van der Waals surface area contributed by atoms with E-state index in [2.05, 4.69) is 5.32 Å². The quantitative estimate of drug-likeness (QED) is 0.568. The van der Waals surface area contributed by atoms with E-state index in [9.17, 15) is 9.59 Å². The third-order valence-corrected chi connectivity index (χ3v) is 3.13. The van der Waals surface area contributed by atoms with E-state index in [0.717, 1.165) is 19.4 Å². The maximum absolute atomic E-state index is 11.9. The molecular formula is C9H13N3O2. The first-order valence-corrected chi connectivity index (χ1v) is 5.13. The lowest BCUT2D eigenvalue weighted by Gasteiger charge is -2.26. The number of imide groups is 1. The second-order valence-corrected chi connectivity index (χ2v) is 4.14. The summed E-state index contributed by atoms with van der Waals surface area (Å²) in [6.45, 7) is 2.08. The predicted molar refractivity (Wildman–Crippen MR) is 48.6 cm³/mol. The van der Waals surface area contributed by atoms with E-state index in [1.807, 2.05) is 0 Å². The largest absolute Gasteiger partial charge is 0.327 e. The van der Waals surface area contributed by atoms with Crippen molar-refractivity contribution in [1.82, 2.24) is 15.1 Å². The van der Waals surface area contributed by atoms with Crippen molar-refractivity contribution in [3.63, 3.8) is 0 Å². The van der Waals surface area contributed by atoms with E-state index < -0.39 is 0 Å². The molecule has 2 aliphatic heterocycles. The fourth-order valence-electron chi connectivity index (χ4n) is 2.22. The first kappa shape index (κ1) is 8.23. The Bertz CT molecular complexity index is 276. The van der Waals surface area contributed by atoms with Crippen LogP contribution in [-0.2, 0) is 4.79 Å². The van der Waals surface area contributed by atoms with Gasteiger partial charge in [-0.1, -0.05) is 0 Å². The van der Waals surface area contributed by atoms with Crippen LogP contribution in [0.2, 0.25) is 0 Å². The number of nitrogens with one attached hydrogen (secondary N) is 1. The van der Waals surface area contributed by atoms with Gasteiger partial charge in [-0.2, -0.15) is 0 Å². The molecule has 0 spiro atoms. The summed E-state index contributed by atoms with van der Waals surface area (Å²) in [5.74, 6) is 0.00435. The SMILES string of the molecule is O=C1C2CNCCN2C(=O)N1C1CC1. The molecule has 3 amide bonds. The molecule has 3 fully saturated rings. The summed E-state index contributed by atoms with van der Waals surface area (Å²) in [6, 6.07) is -0.0820. The Morgan fingerprint density at radius 2 is 2.07 bits per heavy atom. The summed E-state index contributed by atoms with van der Waals surface area (Å²) in [5.41, 5.74) is 0. The molecule has 5 nitrogen and oxygen atoms in total. The molecule has 0 aromatic carbocycles. The van der Waals surface area contributed by atoms with Crippen LogP contribution in [0.15, 0.2) is 0 Å². The van der Waals surface area contributed by atoms with Gasteiger partial charge in [-0.05, 0) is 12.8 Å². The van der Waals surface area contributed by atoms with E-state index in [0.29, 0.717) is 13.1 Å². The molecule has 0 radical (unpaired) electrons. The number of nitrogens with zero attached hydrogens (tertiary/aromatic N) is 2. The molecule has 5 heteroatoms. The Balaban J connectivity index is 1.88. The molecular weight excluding hydrogens is 182 g/mol. The topological polar surface area (TPSA) is 52.7 Å². The zero-order chi connectivity index (χ0) is 9.71. The van der Waals surface area contributed by atoms with Crippen molar-refractivity contribution >= 4 is 11.9 Å². The van der Waals surface area contributed by atoms with Crippen molar-refractivity contribution in [3.8, 4) is 0 Å². The van der Waals surface area contributed by atoms with Crippen molar-refractivity contribution in [3.05, 3.63) is 0 Å². The van der Waals surface area contributed by atoms with Gasteiger partial charge in [0.05, 0.1) is 0 Å². The van der Waals surface area contributed by atoms with Gasteiger partial charge in [0.1, 0.15) is 6.04 Å². The number of hydrogen-bond donors (Lipinski definition) is 1. The number of urea groups is 1. The third-order valence-electron chi connectivity index (χ3n) is 3.13. The van der Waals surface area contributed by atoms with Gasteiger partial charge in [0.15, 0.2) is 0 Å². The summed E-state index contributed by atoms with van der Waals surface area (Å²) in [6.07, 6.45) is 1.98. The maximum Gasteiger partial charge on any atom is 0.327 e. The van der Waals surface area contributed by atoms with Crippen molar-refractivity contribution in [2.45, 2.75) is 24.9 Å². The van der Waals surface area contributed by atoms with Gasteiger partial charge >= 0.3 is 6.03 Å². The molecule has 2 heterocycles. The Morgan fingerprint density at radius 1 is 1.29 bits per heavy atom. The minimum Gasteiger partial charge on any atom is -0.312 e. The molecule has 3 aliphatic rings. The van der Waals surface area contributed by atoms with Crippen LogP contribution in [0.5, 0.6) is 0 Å². The number of piperazine rings is 1. The van der Waals surface area contributed by atoms with Gasteiger partial charge in [0.25, 0.3) is 5.91 Å². The van der Waals surface area contributed by atoms with Gasteiger partial charge < -0.3 is 10.2 Å². The minimum atomic E-state index is -0.225. The smallest absolute Gasteiger partial charge is 0.312 e. The maximum atomic E-state index is 11.9. The Morgan fingerprint density at radius 3 is 2.71 bits per heavy atom. The molecule has 0 aromatic rings. The number of fused-ring (bicyclic) bond motifs is 1. The van der Waals surface area contributed by atoms with Crippen molar-refractivity contribution < 1.29 is 9.59 Å². The van der Waals surface area contributed by atoms with Crippen LogP contribution in [0, 0.1) is 0 Å². The Kier molecular flexibility index (Phi) is 1.58. The number of amides is 3. The van der Waals surface area contributed by atoms with Gasteiger partial charge in [-0.15, -0.1) is 0 Å². The summed E-state index contributed by atoms with van der Waals surface area (Å²) < 4.78 is 0. The lowest BCUT2D eigenvalue weighted by molar-refractivity contribution is -0.128. The molecule has 1 aliphatic carbocycles. The molecule has 0 aromatic heterocycles. The van der Waals surface area contributed by atoms with E-state index in [4.69, 9.17) is 0 Å². The Hall–Kier alpha value is -1.10. The molecule has 3 rings (SSSR count). The number of carbonyl (C=O) groups is 2. The van der Waals surface area contributed by atoms with Crippen LogP contribution < -0.4 is 5.32 Å². The first-order valence-electron chi connectivity index (χ1n) is 5.13. The fourth-order valence-corrected chi connectivity index (χ4v) is 2.22. The summed E-state index contributed by atoms with van der Waals surface area (Å²) >= 11 is 0. The molecule has 0 bridgehead atoms. The zero-order valence-electron chi connectivity index (χ0n) is 7.90. The monoisotopic (exact) mass is 195 g/mol. The van der Waals surface area contributed by atoms with Crippen LogP contribution in [0.3, 0.4) is 0 Å². The molecule has 1 N–H and O–H groups in total. The molecule has 1 unspecified atom stereocenters. The van der Waals surface area contributed by atoms with Gasteiger partial charge in [-0.25, -0.2) is 4.79 Å². The molecule has 14 heavy (non-hydrogen) atoms. The van der Waals surface area contributed by atoms with Crippen molar-refractivity contribution in [1.29, 1.82) is 0 Å². The highest BCUT2D eigenvalue weighted by atomic mass is 16.2. The third kappa shape index (κ3) is 0.987. The summed E-state index contributed by atoms with van der Waals surface area (Å²) in [5, 5.41) is 3.15. The number of hydrogen-bond acceptors (Lipinski definition) is 3. The first-order chi connectivity index (χ1) is 6.79. The second-order valence-electron chi connectivity index (χ2n) is 4.14. The van der Waals surface area contributed by atoms with Gasteiger partial charge in [-0.3, -0.25) is 9.69 Å². The fraction of sp³-hybridized carbons (Fsp3) is 0.778. The highest BCUT2D eigenvalue weighted by Crippen LogP contribution is 2.32. The summed E-state index contributed by atoms with van der Waals surface area (Å²) in [7, 11) is 0. The van der Waals surface area contributed by atoms with E-state index in [1.165, 1.54) is 4.90 Å². The highest BCUT2D eigenvalue weighted by Gasteiger charge is 2.51. The normalized spacial score (nSPS) is 32.4. The average molecular weight is 195 g/mol. The van der Waals surface area contributed by atoms with Crippen LogP contribution in [0.4, 0.5) is 4.79 Å². The lowest BCUT2D eigenvalue weighted by atomic mass is 10.2.